The molecule has 0 aliphatic carbocycles. The van der Waals surface area contributed by atoms with Crippen LogP contribution in [0.2, 0.25) is 0 Å². The van der Waals surface area contributed by atoms with Crippen LogP contribution in [0.1, 0.15) is 39.1 Å². The number of ether oxygens (including phenoxy) is 1. The molecule has 2 aromatic carbocycles. The fourth-order valence-electron chi connectivity index (χ4n) is 4.24. The topological polar surface area (TPSA) is 117 Å². The third-order valence-electron chi connectivity index (χ3n) is 6.29. The van der Waals surface area contributed by atoms with Crippen molar-refractivity contribution in [3.05, 3.63) is 83.6 Å². The number of carbonyl (C=O) groups excluding carboxylic acids is 2. The van der Waals surface area contributed by atoms with Gasteiger partial charge in [0.1, 0.15) is 0 Å². The molecule has 0 saturated heterocycles. The van der Waals surface area contributed by atoms with E-state index in [4.69, 9.17) is 4.74 Å². The molecule has 1 aliphatic rings. The molecule has 1 aliphatic heterocycles. The lowest BCUT2D eigenvalue weighted by Crippen LogP contribution is -2.36. The zero-order valence-corrected chi connectivity index (χ0v) is 19.3. The summed E-state index contributed by atoms with van der Waals surface area (Å²) in [6.07, 6.45) is 1.31. The third-order valence-corrected chi connectivity index (χ3v) is 6.29. The van der Waals surface area contributed by atoms with Crippen LogP contribution in [0.4, 0.5) is 0 Å². The number of nitrogens with zero attached hydrogens (tertiary/aromatic N) is 2. The number of pyridine rings is 1. The van der Waals surface area contributed by atoms with Gasteiger partial charge in [-0.2, -0.15) is 0 Å². The van der Waals surface area contributed by atoms with E-state index in [-0.39, 0.29) is 19.4 Å². The molecule has 35 heavy (non-hydrogen) atoms. The van der Waals surface area contributed by atoms with Gasteiger partial charge in [-0.25, -0.2) is 4.98 Å². The quantitative estimate of drug-likeness (QED) is 0.432. The molecule has 3 aromatic rings. The number of aliphatic hydroxyl groups is 1. The molecule has 4 rings (SSSR count). The highest BCUT2D eigenvalue weighted by Crippen LogP contribution is 2.25. The number of hydrogen-bond donors (Lipinski definition) is 2. The molecule has 0 radical (unpaired) electrons. The minimum Gasteiger partial charge on any atom is -0.481 e. The summed E-state index contributed by atoms with van der Waals surface area (Å²) in [5, 5.41) is 20.3. The van der Waals surface area contributed by atoms with Gasteiger partial charge >= 0.3 is 5.97 Å². The zero-order chi connectivity index (χ0) is 24.9. The average Bonchev–Trinajstić information content (AvgIpc) is 3.12. The summed E-state index contributed by atoms with van der Waals surface area (Å²) in [4.78, 5) is 42.1. The number of aliphatic carboxylic acids is 1. The second-order valence-corrected chi connectivity index (χ2v) is 8.43. The van der Waals surface area contributed by atoms with Gasteiger partial charge < -0.3 is 14.9 Å². The van der Waals surface area contributed by atoms with Gasteiger partial charge in [-0.15, -0.1) is 0 Å². The maximum absolute atomic E-state index is 12.5. The normalized spacial score (nSPS) is 14.5. The number of benzene rings is 2. The van der Waals surface area contributed by atoms with E-state index in [1.807, 2.05) is 30.3 Å². The Bertz CT molecular complexity index is 1190. The van der Waals surface area contributed by atoms with E-state index in [1.165, 1.54) is 0 Å². The van der Waals surface area contributed by atoms with Crippen LogP contribution >= 0.6 is 0 Å². The van der Waals surface area contributed by atoms with E-state index in [0.717, 1.165) is 21.6 Å². The predicted molar refractivity (Wildman–Crippen MR) is 128 cm³/mol. The highest BCUT2D eigenvalue weighted by molar-refractivity contribution is 6.21. The molecular weight excluding hydrogens is 448 g/mol. The maximum atomic E-state index is 12.5. The van der Waals surface area contributed by atoms with Crippen LogP contribution in [0.25, 0.3) is 11.1 Å². The van der Waals surface area contributed by atoms with Crippen LogP contribution in [0.15, 0.2) is 66.9 Å². The first-order chi connectivity index (χ1) is 16.9. The number of carbonyl (C=O) groups is 3. The first-order valence-electron chi connectivity index (χ1n) is 11.3. The minimum atomic E-state index is -1.16. The molecule has 2 atom stereocenters. The lowest BCUT2D eigenvalue weighted by atomic mass is 9.93. The molecule has 0 fully saturated rings. The molecule has 0 spiro atoms. The Hall–Kier alpha value is -4.04. The molecule has 0 bridgehead atoms. The molecule has 8 nitrogen and oxygen atoms in total. The van der Waals surface area contributed by atoms with Gasteiger partial charge in [-0.3, -0.25) is 19.3 Å². The van der Waals surface area contributed by atoms with Crippen molar-refractivity contribution >= 4 is 17.8 Å². The Labute approximate surface area is 202 Å². The lowest BCUT2D eigenvalue weighted by molar-refractivity contribution is -0.146. The van der Waals surface area contributed by atoms with Gasteiger partial charge in [0.05, 0.1) is 30.3 Å². The van der Waals surface area contributed by atoms with Crippen molar-refractivity contribution in [3.8, 4) is 17.0 Å². The Kier molecular flexibility index (Phi) is 7.22. The summed E-state index contributed by atoms with van der Waals surface area (Å²) in [5.41, 5.74) is 3.52. The zero-order valence-electron chi connectivity index (χ0n) is 19.3. The molecule has 180 valence electrons. The number of aromatic nitrogens is 1. The fraction of sp³-hybridized carbons (Fsp3) is 0.259. The van der Waals surface area contributed by atoms with E-state index in [1.54, 1.807) is 43.6 Å². The van der Waals surface area contributed by atoms with Crippen LogP contribution in [-0.2, 0) is 11.2 Å². The first-order valence-corrected chi connectivity index (χ1v) is 11.3. The summed E-state index contributed by atoms with van der Waals surface area (Å²) in [5.74, 6) is -2.58. The van der Waals surface area contributed by atoms with Gasteiger partial charge in [-0.05, 0) is 48.6 Å². The van der Waals surface area contributed by atoms with Gasteiger partial charge in [0.25, 0.3) is 11.8 Å². The standard InChI is InChI=1S/C27H26N2O6/c1-35-24-13-11-19(16-28-24)18-9-6-17(7-10-18)8-12-23(30)22(27(33)34)14-15-29-25(31)20-4-2-3-5-21(20)26(29)32/h2-7,9-11,13,16,22-23,30H,8,12,14-15H2,1H3,(H,33,34)/t22-,23-/m1/s1. The van der Waals surface area contributed by atoms with E-state index in [0.29, 0.717) is 23.4 Å². The molecule has 0 saturated carbocycles. The van der Waals surface area contributed by atoms with Crippen molar-refractivity contribution in [2.45, 2.75) is 25.4 Å². The van der Waals surface area contributed by atoms with Crippen LogP contribution in [0.5, 0.6) is 5.88 Å². The van der Waals surface area contributed by atoms with Gasteiger partial charge in [0.15, 0.2) is 0 Å². The fourth-order valence-corrected chi connectivity index (χ4v) is 4.24. The first kappa shape index (κ1) is 24.1. The van der Waals surface area contributed by atoms with E-state index < -0.39 is 29.8 Å². The Balaban J connectivity index is 1.33. The minimum absolute atomic E-state index is 0.0224. The molecule has 1 aromatic heterocycles. The Morgan fingerprint density at radius 1 is 0.943 bits per heavy atom. The number of amides is 2. The number of hydrogen-bond acceptors (Lipinski definition) is 6. The predicted octanol–water partition coefficient (Wildman–Crippen LogP) is 3.44. The molecule has 0 unspecified atom stereocenters. The molecule has 2 heterocycles. The number of rotatable bonds is 10. The summed E-state index contributed by atoms with van der Waals surface area (Å²) in [6.45, 7) is -0.0645. The SMILES string of the molecule is COc1ccc(-c2ccc(CC[C@@H](O)[C@@H](CCN3C(=O)c4ccccc4C3=O)C(=O)O)cc2)cn1. The summed E-state index contributed by atoms with van der Waals surface area (Å²) in [7, 11) is 1.56. The van der Waals surface area contributed by atoms with Crippen molar-refractivity contribution < 1.29 is 29.3 Å². The van der Waals surface area contributed by atoms with E-state index in [9.17, 15) is 24.6 Å². The number of carboxylic acids is 1. The maximum Gasteiger partial charge on any atom is 0.309 e. The largest absolute Gasteiger partial charge is 0.481 e. The van der Waals surface area contributed by atoms with Crippen LogP contribution in [0.3, 0.4) is 0 Å². The molecular formula is C27H26N2O6. The number of aliphatic hydroxyl groups excluding tert-OH is 1. The van der Waals surface area contributed by atoms with Crippen LogP contribution in [0, 0.1) is 5.92 Å². The Morgan fingerprint density at radius 2 is 1.57 bits per heavy atom. The molecule has 8 heteroatoms. The van der Waals surface area contributed by atoms with Crippen molar-refractivity contribution in [1.29, 1.82) is 0 Å². The van der Waals surface area contributed by atoms with Crippen molar-refractivity contribution in [2.75, 3.05) is 13.7 Å². The summed E-state index contributed by atoms with van der Waals surface area (Å²) < 4.78 is 5.07. The lowest BCUT2D eigenvalue weighted by Gasteiger charge is -2.22. The van der Waals surface area contributed by atoms with E-state index >= 15 is 0 Å². The number of fused-ring (bicyclic) bond motifs is 1. The summed E-state index contributed by atoms with van der Waals surface area (Å²) in [6, 6.07) is 18.0. The molecule has 2 amide bonds. The van der Waals surface area contributed by atoms with Gasteiger partial charge in [0, 0.05) is 24.4 Å². The van der Waals surface area contributed by atoms with Gasteiger partial charge in [0.2, 0.25) is 5.88 Å². The van der Waals surface area contributed by atoms with Crippen molar-refractivity contribution in [1.82, 2.24) is 9.88 Å². The Morgan fingerprint density at radius 3 is 2.11 bits per heavy atom. The smallest absolute Gasteiger partial charge is 0.309 e. The number of methoxy groups -OCH3 is 1. The van der Waals surface area contributed by atoms with Gasteiger partial charge in [-0.1, -0.05) is 36.4 Å². The number of carboxylic acid groups (broad SMARTS) is 1. The highest BCUT2D eigenvalue weighted by atomic mass is 16.5. The number of aryl methyl sites for hydroxylation is 1. The van der Waals surface area contributed by atoms with Crippen molar-refractivity contribution in [3.63, 3.8) is 0 Å². The molecule has 2 N–H and O–H groups in total. The highest BCUT2D eigenvalue weighted by Gasteiger charge is 2.36. The number of imide groups is 1. The van der Waals surface area contributed by atoms with Crippen LogP contribution in [-0.4, -0.2) is 57.6 Å². The van der Waals surface area contributed by atoms with Crippen LogP contribution < -0.4 is 4.74 Å². The average molecular weight is 475 g/mol. The second-order valence-electron chi connectivity index (χ2n) is 8.43. The summed E-state index contributed by atoms with van der Waals surface area (Å²) >= 11 is 0. The second kappa shape index (κ2) is 10.5. The third kappa shape index (κ3) is 5.22. The van der Waals surface area contributed by atoms with E-state index in [2.05, 4.69) is 4.98 Å². The monoisotopic (exact) mass is 474 g/mol. The van der Waals surface area contributed by atoms with Crippen molar-refractivity contribution in [2.24, 2.45) is 5.92 Å².